The predicted molar refractivity (Wildman–Crippen MR) is 96.3 cm³/mol. The van der Waals surface area contributed by atoms with Crippen molar-refractivity contribution in [2.75, 3.05) is 5.32 Å². The Balaban J connectivity index is 1.97. The number of nitrogens with one attached hydrogen (secondary N) is 1. The molecule has 0 fully saturated rings. The first-order valence-electron chi connectivity index (χ1n) is 6.68. The number of halogens is 2. The monoisotopic (exact) mass is 456 g/mol. The number of aryl methyl sites for hydroxylation is 1. The zero-order chi connectivity index (χ0) is 15.0. The summed E-state index contributed by atoms with van der Waals surface area (Å²) in [5.74, 6) is 0.0843. The van der Waals surface area contributed by atoms with E-state index in [0.29, 0.717) is 6.42 Å². The van der Waals surface area contributed by atoms with E-state index in [1.54, 1.807) is 0 Å². The minimum absolute atomic E-state index is 0.0843. The van der Waals surface area contributed by atoms with E-state index in [-0.39, 0.29) is 11.9 Å². The number of rotatable bonds is 2. The minimum Gasteiger partial charge on any atom is -0.326 e. The molecule has 0 aromatic heterocycles. The molecule has 108 valence electrons. The van der Waals surface area contributed by atoms with Gasteiger partial charge in [-0.3, -0.25) is 4.79 Å². The Hall–Kier alpha value is -0.920. The van der Waals surface area contributed by atoms with Crippen molar-refractivity contribution < 1.29 is 4.79 Å². The van der Waals surface area contributed by atoms with Crippen LogP contribution in [-0.4, -0.2) is 5.91 Å². The number of fused-ring (bicyclic) bond motifs is 1. The molecule has 1 aliphatic rings. The third-order valence-electron chi connectivity index (χ3n) is 3.68. The molecule has 3 nitrogen and oxygen atoms in total. The normalized spacial score (nSPS) is 15.3. The molecule has 3 rings (SSSR count). The summed E-state index contributed by atoms with van der Waals surface area (Å²) in [6, 6.07) is 12.0. The number of carbonyl (C=O) groups excluding carboxylic acids is 1. The van der Waals surface area contributed by atoms with Gasteiger partial charge in [-0.2, -0.15) is 0 Å². The average molecular weight is 457 g/mol. The van der Waals surface area contributed by atoms with E-state index in [4.69, 9.17) is 5.73 Å². The van der Waals surface area contributed by atoms with Crippen LogP contribution in [0.1, 0.15) is 29.2 Å². The van der Waals surface area contributed by atoms with Gasteiger partial charge in [0.2, 0.25) is 5.91 Å². The maximum atomic E-state index is 11.4. The average Bonchev–Trinajstić information content (AvgIpc) is 2.48. The Morgan fingerprint density at radius 1 is 1.19 bits per heavy atom. The van der Waals surface area contributed by atoms with Gasteiger partial charge in [0.25, 0.3) is 0 Å². The van der Waals surface area contributed by atoms with Crippen molar-refractivity contribution in [3.63, 3.8) is 0 Å². The molecule has 0 radical (unpaired) electrons. The number of benzene rings is 2. The Bertz CT molecular complexity index is 717. The molecular weight excluding hydrogens is 443 g/mol. The van der Waals surface area contributed by atoms with Gasteiger partial charge in [0.1, 0.15) is 0 Å². The molecule has 0 spiro atoms. The van der Waals surface area contributed by atoms with Crippen molar-refractivity contribution in [2.45, 2.75) is 18.9 Å². The second kappa shape index (κ2) is 6.06. The van der Waals surface area contributed by atoms with Crippen LogP contribution in [0.5, 0.6) is 0 Å². The van der Waals surface area contributed by atoms with Crippen molar-refractivity contribution in [1.82, 2.24) is 0 Å². The first kappa shape index (κ1) is 15.0. The standard InChI is InChI=1S/C16H14BrIN2O/c17-11-3-4-13(18)12(8-11)16(19)10-1-5-14-9(7-10)2-6-15(21)20-14/h1,3-5,7-8,16H,2,6,19H2,(H,20,21). The molecule has 5 heteroatoms. The zero-order valence-corrected chi connectivity index (χ0v) is 14.9. The second-order valence-electron chi connectivity index (χ2n) is 5.11. The van der Waals surface area contributed by atoms with Crippen LogP contribution in [0.2, 0.25) is 0 Å². The number of anilines is 1. The van der Waals surface area contributed by atoms with Crippen LogP contribution in [0.25, 0.3) is 0 Å². The summed E-state index contributed by atoms with van der Waals surface area (Å²) < 4.78 is 2.17. The first-order valence-corrected chi connectivity index (χ1v) is 8.55. The van der Waals surface area contributed by atoms with Gasteiger partial charge in [-0.1, -0.05) is 28.1 Å². The van der Waals surface area contributed by atoms with Gasteiger partial charge in [0.15, 0.2) is 0 Å². The van der Waals surface area contributed by atoms with Crippen molar-refractivity contribution in [2.24, 2.45) is 5.73 Å². The Morgan fingerprint density at radius 3 is 2.81 bits per heavy atom. The van der Waals surface area contributed by atoms with Gasteiger partial charge < -0.3 is 11.1 Å². The van der Waals surface area contributed by atoms with Crippen molar-refractivity contribution >= 4 is 50.1 Å². The van der Waals surface area contributed by atoms with E-state index in [1.807, 2.05) is 18.2 Å². The Morgan fingerprint density at radius 2 is 2.00 bits per heavy atom. The van der Waals surface area contributed by atoms with E-state index >= 15 is 0 Å². The number of carbonyl (C=O) groups is 1. The minimum atomic E-state index is -0.169. The molecule has 1 atom stereocenters. The predicted octanol–water partition coefficient (Wildman–Crippen LogP) is 3.99. The third-order valence-corrected chi connectivity index (χ3v) is 5.15. The van der Waals surface area contributed by atoms with Gasteiger partial charge in [0, 0.05) is 20.2 Å². The van der Waals surface area contributed by atoms with Gasteiger partial charge in [-0.25, -0.2) is 0 Å². The zero-order valence-electron chi connectivity index (χ0n) is 11.2. The number of nitrogens with two attached hydrogens (primary N) is 1. The Kier molecular flexibility index (Phi) is 4.33. The molecular formula is C16H14BrIN2O. The highest BCUT2D eigenvalue weighted by atomic mass is 127. The SMILES string of the molecule is NC(c1ccc2c(c1)CCC(=O)N2)c1cc(Br)ccc1I. The lowest BCUT2D eigenvalue weighted by Crippen LogP contribution is -2.20. The molecule has 3 N–H and O–H groups in total. The number of amides is 1. The highest BCUT2D eigenvalue weighted by Gasteiger charge is 2.18. The van der Waals surface area contributed by atoms with Crippen LogP contribution < -0.4 is 11.1 Å². The molecule has 0 aliphatic carbocycles. The lowest BCUT2D eigenvalue weighted by atomic mass is 9.94. The fraction of sp³-hybridized carbons (Fsp3) is 0.188. The van der Waals surface area contributed by atoms with Crippen LogP contribution in [0.4, 0.5) is 5.69 Å². The topological polar surface area (TPSA) is 55.1 Å². The molecule has 0 bridgehead atoms. The van der Waals surface area contributed by atoms with Gasteiger partial charge >= 0.3 is 0 Å². The van der Waals surface area contributed by atoms with E-state index in [1.165, 1.54) is 0 Å². The molecule has 1 unspecified atom stereocenters. The second-order valence-corrected chi connectivity index (χ2v) is 7.19. The Labute approximate surface area is 145 Å². The van der Waals surface area contributed by atoms with E-state index in [9.17, 15) is 4.79 Å². The first-order chi connectivity index (χ1) is 10.0. The molecule has 1 heterocycles. The largest absolute Gasteiger partial charge is 0.326 e. The smallest absolute Gasteiger partial charge is 0.224 e. The lowest BCUT2D eigenvalue weighted by molar-refractivity contribution is -0.116. The highest BCUT2D eigenvalue weighted by molar-refractivity contribution is 14.1. The quantitative estimate of drug-likeness (QED) is 0.671. The van der Waals surface area contributed by atoms with Crippen LogP contribution in [-0.2, 0) is 11.2 Å². The summed E-state index contributed by atoms with van der Waals surface area (Å²) in [4.78, 5) is 11.4. The molecule has 2 aromatic rings. The maximum Gasteiger partial charge on any atom is 0.224 e. The summed E-state index contributed by atoms with van der Waals surface area (Å²) >= 11 is 5.80. The molecule has 1 aliphatic heterocycles. The van der Waals surface area contributed by atoms with Crippen LogP contribution in [0.15, 0.2) is 40.9 Å². The fourth-order valence-electron chi connectivity index (χ4n) is 2.53. The van der Waals surface area contributed by atoms with Crippen LogP contribution in [0, 0.1) is 3.57 Å². The lowest BCUT2D eigenvalue weighted by Gasteiger charge is -2.20. The number of hydrogen-bond acceptors (Lipinski definition) is 2. The van der Waals surface area contributed by atoms with Crippen molar-refractivity contribution in [3.8, 4) is 0 Å². The summed E-state index contributed by atoms with van der Waals surface area (Å²) in [7, 11) is 0. The summed E-state index contributed by atoms with van der Waals surface area (Å²) in [5, 5.41) is 2.90. The molecule has 1 amide bonds. The van der Waals surface area contributed by atoms with Gasteiger partial charge in [-0.05, 0) is 70.0 Å². The number of hydrogen-bond donors (Lipinski definition) is 2. The third kappa shape index (κ3) is 3.14. The van der Waals surface area contributed by atoms with E-state index < -0.39 is 0 Å². The molecule has 0 saturated heterocycles. The van der Waals surface area contributed by atoms with Gasteiger partial charge in [-0.15, -0.1) is 0 Å². The van der Waals surface area contributed by atoms with Gasteiger partial charge in [0.05, 0.1) is 6.04 Å². The van der Waals surface area contributed by atoms with Crippen LogP contribution >= 0.6 is 38.5 Å². The van der Waals surface area contributed by atoms with Crippen molar-refractivity contribution in [3.05, 3.63) is 61.1 Å². The molecule has 21 heavy (non-hydrogen) atoms. The van der Waals surface area contributed by atoms with Crippen molar-refractivity contribution in [1.29, 1.82) is 0 Å². The molecule has 0 saturated carbocycles. The maximum absolute atomic E-state index is 11.4. The van der Waals surface area contributed by atoms with Crippen LogP contribution in [0.3, 0.4) is 0 Å². The molecule has 2 aromatic carbocycles. The summed E-state index contributed by atoms with van der Waals surface area (Å²) in [5.41, 5.74) is 10.7. The fourth-order valence-corrected chi connectivity index (χ4v) is 3.58. The summed E-state index contributed by atoms with van der Waals surface area (Å²) in [6.07, 6.45) is 1.32. The highest BCUT2D eigenvalue weighted by Crippen LogP contribution is 2.30. The van der Waals surface area contributed by atoms with E-state index in [2.05, 4.69) is 62.0 Å². The van der Waals surface area contributed by atoms with E-state index in [0.717, 1.165) is 36.8 Å². The summed E-state index contributed by atoms with van der Waals surface area (Å²) in [6.45, 7) is 0.